The van der Waals surface area contributed by atoms with E-state index in [1.54, 1.807) is 18.3 Å². The third kappa shape index (κ3) is 3.02. The van der Waals surface area contributed by atoms with Crippen molar-refractivity contribution in [1.82, 2.24) is 10.2 Å². The van der Waals surface area contributed by atoms with Crippen LogP contribution in [0, 0.1) is 0 Å². The van der Waals surface area contributed by atoms with Crippen LogP contribution in [-0.2, 0) is 6.61 Å². The molecule has 1 aromatic carbocycles. The lowest BCUT2D eigenvalue weighted by atomic mass is 10.2. The maximum absolute atomic E-state index is 5.44. The predicted octanol–water partition coefficient (Wildman–Crippen LogP) is 2.82. The van der Waals surface area contributed by atoms with Crippen LogP contribution in [0.3, 0.4) is 0 Å². The fraction of sp³-hybridized carbons (Fsp3) is 0.0909. The summed E-state index contributed by atoms with van der Waals surface area (Å²) in [5, 5.41) is 7.56. The van der Waals surface area contributed by atoms with E-state index >= 15 is 0 Å². The Hall–Kier alpha value is -1.42. The minimum atomic E-state index is 0.506. The van der Waals surface area contributed by atoms with E-state index in [1.165, 1.54) is 0 Å². The predicted molar refractivity (Wildman–Crippen MR) is 60.5 cm³/mol. The number of halogens is 1. The molecular weight excluding hydrogens is 256 g/mol. The molecule has 0 fully saturated rings. The van der Waals surface area contributed by atoms with Gasteiger partial charge in [-0.2, -0.15) is 5.10 Å². The molecule has 4 heteroatoms. The van der Waals surface area contributed by atoms with Crippen molar-refractivity contribution in [1.29, 1.82) is 0 Å². The number of hydrogen-bond donors (Lipinski definition) is 0. The first kappa shape index (κ1) is 10.1. The van der Waals surface area contributed by atoms with E-state index in [-0.39, 0.29) is 0 Å². The lowest BCUT2D eigenvalue weighted by molar-refractivity contribution is 0.290. The van der Waals surface area contributed by atoms with E-state index in [0.29, 0.717) is 12.5 Å². The van der Waals surface area contributed by atoms with Crippen molar-refractivity contribution in [2.45, 2.75) is 6.61 Å². The van der Waals surface area contributed by atoms with Gasteiger partial charge in [-0.3, -0.25) is 0 Å². The number of benzene rings is 1. The van der Waals surface area contributed by atoms with Crippen LogP contribution in [0.15, 0.2) is 47.1 Å². The summed E-state index contributed by atoms with van der Waals surface area (Å²) < 4.78 is 6.50. The molecule has 0 aliphatic carbocycles. The van der Waals surface area contributed by atoms with Crippen molar-refractivity contribution in [3.8, 4) is 5.88 Å². The largest absolute Gasteiger partial charge is 0.472 e. The third-order valence-corrected chi connectivity index (χ3v) is 2.38. The quantitative estimate of drug-likeness (QED) is 0.855. The highest BCUT2D eigenvalue weighted by molar-refractivity contribution is 9.10. The van der Waals surface area contributed by atoms with Gasteiger partial charge in [-0.25, -0.2) is 0 Å². The number of ether oxygens (including phenoxy) is 1. The van der Waals surface area contributed by atoms with E-state index in [1.807, 2.05) is 24.3 Å². The van der Waals surface area contributed by atoms with Crippen LogP contribution >= 0.6 is 15.9 Å². The van der Waals surface area contributed by atoms with Crippen molar-refractivity contribution in [2.75, 3.05) is 0 Å². The first-order chi connectivity index (χ1) is 7.34. The SMILES string of the molecule is Brc1ccc(COc2cccnn2)cc1. The average Bonchev–Trinajstić information content (AvgIpc) is 2.30. The van der Waals surface area contributed by atoms with Gasteiger partial charge in [0.2, 0.25) is 5.88 Å². The summed E-state index contributed by atoms with van der Waals surface area (Å²) in [7, 11) is 0. The van der Waals surface area contributed by atoms with Gasteiger partial charge in [-0.05, 0) is 23.8 Å². The number of hydrogen-bond acceptors (Lipinski definition) is 3. The highest BCUT2D eigenvalue weighted by Crippen LogP contribution is 2.12. The second-order valence-corrected chi connectivity index (χ2v) is 3.89. The second kappa shape index (κ2) is 4.89. The fourth-order valence-electron chi connectivity index (χ4n) is 1.10. The molecule has 0 aliphatic rings. The van der Waals surface area contributed by atoms with Gasteiger partial charge in [0.15, 0.2) is 0 Å². The highest BCUT2D eigenvalue weighted by atomic mass is 79.9. The average molecular weight is 265 g/mol. The maximum atomic E-state index is 5.44. The highest BCUT2D eigenvalue weighted by Gasteiger charge is 1.96. The molecular formula is C11H9BrN2O. The summed E-state index contributed by atoms with van der Waals surface area (Å²) in [5.74, 6) is 0.542. The molecule has 0 N–H and O–H groups in total. The van der Waals surface area contributed by atoms with Crippen LogP contribution in [-0.4, -0.2) is 10.2 Å². The van der Waals surface area contributed by atoms with Crippen LogP contribution in [0.2, 0.25) is 0 Å². The molecule has 1 heterocycles. The van der Waals surface area contributed by atoms with E-state index in [0.717, 1.165) is 10.0 Å². The van der Waals surface area contributed by atoms with E-state index in [4.69, 9.17) is 4.74 Å². The standard InChI is InChI=1S/C11H9BrN2O/c12-10-5-3-9(4-6-10)8-15-11-2-1-7-13-14-11/h1-7H,8H2. The summed E-state index contributed by atoms with van der Waals surface area (Å²) in [6, 6.07) is 11.5. The smallest absolute Gasteiger partial charge is 0.233 e. The van der Waals surface area contributed by atoms with Gasteiger partial charge in [0.1, 0.15) is 6.61 Å². The van der Waals surface area contributed by atoms with E-state index < -0.39 is 0 Å². The van der Waals surface area contributed by atoms with Crippen LogP contribution in [0.4, 0.5) is 0 Å². The first-order valence-electron chi connectivity index (χ1n) is 4.49. The van der Waals surface area contributed by atoms with Gasteiger partial charge < -0.3 is 4.74 Å². The molecule has 0 radical (unpaired) electrons. The van der Waals surface area contributed by atoms with Crippen LogP contribution < -0.4 is 4.74 Å². The summed E-state index contributed by atoms with van der Waals surface area (Å²) >= 11 is 3.38. The Kier molecular flexibility index (Phi) is 3.29. The van der Waals surface area contributed by atoms with Crippen LogP contribution in [0.25, 0.3) is 0 Å². The zero-order chi connectivity index (χ0) is 10.5. The molecule has 0 saturated carbocycles. The van der Waals surface area contributed by atoms with E-state index in [2.05, 4.69) is 26.1 Å². The second-order valence-electron chi connectivity index (χ2n) is 2.98. The van der Waals surface area contributed by atoms with Crippen molar-refractivity contribution < 1.29 is 4.74 Å². The lowest BCUT2D eigenvalue weighted by Gasteiger charge is -2.03. The van der Waals surface area contributed by atoms with E-state index in [9.17, 15) is 0 Å². The molecule has 15 heavy (non-hydrogen) atoms. The third-order valence-electron chi connectivity index (χ3n) is 1.85. The molecule has 2 rings (SSSR count). The topological polar surface area (TPSA) is 35.0 Å². The number of aromatic nitrogens is 2. The van der Waals surface area contributed by atoms with Gasteiger partial charge in [-0.1, -0.05) is 28.1 Å². The Morgan fingerprint density at radius 3 is 2.60 bits per heavy atom. The zero-order valence-electron chi connectivity index (χ0n) is 7.93. The molecule has 0 unspecified atom stereocenters. The maximum Gasteiger partial charge on any atom is 0.233 e. The van der Waals surface area contributed by atoms with Gasteiger partial charge in [0.05, 0.1) is 0 Å². The number of rotatable bonds is 3. The van der Waals surface area contributed by atoms with Crippen LogP contribution in [0.5, 0.6) is 5.88 Å². The van der Waals surface area contributed by atoms with Gasteiger partial charge in [0.25, 0.3) is 0 Å². The monoisotopic (exact) mass is 264 g/mol. The molecule has 1 aromatic heterocycles. The Morgan fingerprint density at radius 2 is 1.93 bits per heavy atom. The van der Waals surface area contributed by atoms with Gasteiger partial charge in [-0.15, -0.1) is 5.10 Å². The molecule has 0 saturated heterocycles. The normalized spacial score (nSPS) is 9.93. The van der Waals surface area contributed by atoms with Crippen molar-refractivity contribution >= 4 is 15.9 Å². The fourth-order valence-corrected chi connectivity index (χ4v) is 1.37. The molecule has 0 atom stereocenters. The minimum absolute atomic E-state index is 0.506. The molecule has 2 aromatic rings. The molecule has 3 nitrogen and oxygen atoms in total. The Labute approximate surface area is 96.2 Å². The van der Waals surface area contributed by atoms with Crippen molar-refractivity contribution in [3.63, 3.8) is 0 Å². The summed E-state index contributed by atoms with van der Waals surface area (Å²) in [5.41, 5.74) is 1.10. The summed E-state index contributed by atoms with van der Waals surface area (Å²) in [6.07, 6.45) is 1.62. The Bertz CT molecular complexity index is 416. The summed E-state index contributed by atoms with van der Waals surface area (Å²) in [6.45, 7) is 0.506. The molecule has 0 amide bonds. The molecule has 76 valence electrons. The van der Waals surface area contributed by atoms with Gasteiger partial charge in [0, 0.05) is 16.7 Å². The Balaban J connectivity index is 1.96. The zero-order valence-corrected chi connectivity index (χ0v) is 9.52. The Morgan fingerprint density at radius 1 is 1.13 bits per heavy atom. The number of nitrogens with zero attached hydrogens (tertiary/aromatic N) is 2. The molecule has 0 bridgehead atoms. The van der Waals surface area contributed by atoms with Gasteiger partial charge >= 0.3 is 0 Å². The van der Waals surface area contributed by atoms with Crippen LogP contribution in [0.1, 0.15) is 5.56 Å². The molecule has 0 aliphatic heterocycles. The summed E-state index contributed by atoms with van der Waals surface area (Å²) in [4.78, 5) is 0. The minimum Gasteiger partial charge on any atom is -0.472 e. The lowest BCUT2D eigenvalue weighted by Crippen LogP contribution is -1.97. The molecule has 0 spiro atoms. The van der Waals surface area contributed by atoms with Crippen molar-refractivity contribution in [2.24, 2.45) is 0 Å². The van der Waals surface area contributed by atoms with Crippen molar-refractivity contribution in [3.05, 3.63) is 52.6 Å². The first-order valence-corrected chi connectivity index (χ1v) is 5.29.